The fourth-order valence-electron chi connectivity index (χ4n) is 2.09. The predicted octanol–water partition coefficient (Wildman–Crippen LogP) is 2.77. The van der Waals surface area contributed by atoms with E-state index in [1.54, 1.807) is 0 Å². The lowest BCUT2D eigenvalue weighted by atomic mass is 10.0. The van der Waals surface area contributed by atoms with Crippen molar-refractivity contribution in [2.75, 3.05) is 12.5 Å². The molecule has 18 heavy (non-hydrogen) atoms. The Kier molecular flexibility index (Phi) is 3.19. The number of nitrogens with zero attached hydrogens (tertiary/aromatic N) is 2. The molecule has 2 aromatic rings. The molecular weight excluding hydrogens is 252 g/mol. The standard InChI is InChI=1S/C13H13ClN2O2/c14-7-3-6-12-15-16-13(18-12)10-8-17-11-5-2-1-4-9(10)11/h1-2,4-5,10H,3,6-8H2. The molecule has 0 fully saturated rings. The smallest absolute Gasteiger partial charge is 0.227 e. The maximum Gasteiger partial charge on any atom is 0.227 e. The van der Waals surface area contributed by atoms with Gasteiger partial charge in [0.2, 0.25) is 11.8 Å². The second-order valence-corrected chi connectivity index (χ2v) is 4.61. The van der Waals surface area contributed by atoms with Crippen LogP contribution in [0.3, 0.4) is 0 Å². The van der Waals surface area contributed by atoms with E-state index < -0.39 is 0 Å². The van der Waals surface area contributed by atoms with Gasteiger partial charge in [-0.25, -0.2) is 0 Å². The summed E-state index contributed by atoms with van der Waals surface area (Å²) in [5, 5.41) is 8.15. The number of ether oxygens (including phenoxy) is 1. The third-order valence-electron chi connectivity index (χ3n) is 3.00. The SMILES string of the molecule is ClCCCc1nnc(C2COc3ccccc32)o1. The first-order valence-corrected chi connectivity index (χ1v) is 6.52. The van der Waals surface area contributed by atoms with Crippen LogP contribution >= 0.6 is 11.6 Å². The summed E-state index contributed by atoms with van der Waals surface area (Å²) in [7, 11) is 0. The zero-order chi connectivity index (χ0) is 12.4. The third kappa shape index (κ3) is 2.08. The van der Waals surface area contributed by atoms with Gasteiger partial charge < -0.3 is 9.15 Å². The van der Waals surface area contributed by atoms with Crippen LogP contribution in [0.2, 0.25) is 0 Å². The molecule has 0 N–H and O–H groups in total. The average molecular weight is 265 g/mol. The third-order valence-corrected chi connectivity index (χ3v) is 3.27. The lowest BCUT2D eigenvalue weighted by Gasteiger charge is -2.01. The maximum atomic E-state index is 5.67. The van der Waals surface area contributed by atoms with Gasteiger partial charge in [-0.15, -0.1) is 21.8 Å². The van der Waals surface area contributed by atoms with Gasteiger partial charge in [-0.2, -0.15) is 0 Å². The molecule has 0 saturated heterocycles. The first kappa shape index (κ1) is 11.5. The summed E-state index contributed by atoms with van der Waals surface area (Å²) >= 11 is 5.64. The van der Waals surface area contributed by atoms with E-state index in [4.69, 9.17) is 20.8 Å². The van der Waals surface area contributed by atoms with Crippen molar-refractivity contribution < 1.29 is 9.15 Å². The summed E-state index contributed by atoms with van der Waals surface area (Å²) in [5.74, 6) is 2.84. The quantitative estimate of drug-likeness (QED) is 0.797. The highest BCUT2D eigenvalue weighted by molar-refractivity contribution is 6.17. The minimum absolute atomic E-state index is 0.0541. The number of aryl methyl sites for hydroxylation is 1. The van der Waals surface area contributed by atoms with Gasteiger partial charge in [0.05, 0.1) is 5.92 Å². The number of benzene rings is 1. The zero-order valence-electron chi connectivity index (χ0n) is 9.80. The number of aromatic nitrogens is 2. The number of hydrogen-bond acceptors (Lipinski definition) is 4. The molecule has 0 aliphatic carbocycles. The van der Waals surface area contributed by atoms with Crippen molar-refractivity contribution >= 4 is 11.6 Å². The lowest BCUT2D eigenvalue weighted by Crippen LogP contribution is -2.02. The van der Waals surface area contributed by atoms with E-state index in [1.165, 1.54) is 0 Å². The Balaban J connectivity index is 1.82. The zero-order valence-corrected chi connectivity index (χ0v) is 10.6. The van der Waals surface area contributed by atoms with Gasteiger partial charge in [0.1, 0.15) is 12.4 Å². The molecule has 1 aliphatic heterocycles. The average Bonchev–Trinajstić information content (AvgIpc) is 3.02. The van der Waals surface area contributed by atoms with Gasteiger partial charge in [0.25, 0.3) is 0 Å². The highest BCUT2D eigenvalue weighted by Crippen LogP contribution is 2.37. The van der Waals surface area contributed by atoms with Crippen molar-refractivity contribution in [2.45, 2.75) is 18.8 Å². The molecule has 0 amide bonds. The van der Waals surface area contributed by atoms with Crippen LogP contribution < -0.4 is 4.74 Å². The second-order valence-electron chi connectivity index (χ2n) is 4.23. The van der Waals surface area contributed by atoms with Crippen molar-refractivity contribution in [3.05, 3.63) is 41.6 Å². The van der Waals surface area contributed by atoms with E-state index in [1.807, 2.05) is 24.3 Å². The summed E-state index contributed by atoms with van der Waals surface area (Å²) in [6, 6.07) is 7.95. The number of alkyl halides is 1. The summed E-state index contributed by atoms with van der Waals surface area (Å²) in [5.41, 5.74) is 1.12. The van der Waals surface area contributed by atoms with Gasteiger partial charge in [-0.1, -0.05) is 18.2 Å². The lowest BCUT2D eigenvalue weighted by molar-refractivity contribution is 0.321. The molecule has 1 aromatic heterocycles. The van der Waals surface area contributed by atoms with Gasteiger partial charge >= 0.3 is 0 Å². The molecule has 0 saturated carbocycles. The highest BCUT2D eigenvalue weighted by atomic mass is 35.5. The Morgan fingerprint density at radius 3 is 3.06 bits per heavy atom. The molecule has 1 aromatic carbocycles. The molecule has 4 nitrogen and oxygen atoms in total. The Labute approximate surface area is 110 Å². The number of fused-ring (bicyclic) bond motifs is 1. The molecule has 1 aliphatic rings. The Morgan fingerprint density at radius 1 is 1.28 bits per heavy atom. The van der Waals surface area contributed by atoms with Crippen LogP contribution in [0.1, 0.15) is 29.7 Å². The van der Waals surface area contributed by atoms with Crippen LogP contribution in [-0.4, -0.2) is 22.7 Å². The maximum absolute atomic E-state index is 5.67. The van der Waals surface area contributed by atoms with Crippen molar-refractivity contribution in [3.8, 4) is 5.75 Å². The van der Waals surface area contributed by atoms with Crippen LogP contribution in [0.4, 0.5) is 0 Å². The number of para-hydroxylation sites is 1. The highest BCUT2D eigenvalue weighted by Gasteiger charge is 2.29. The summed E-state index contributed by atoms with van der Waals surface area (Å²) in [4.78, 5) is 0. The Bertz CT molecular complexity index is 541. The van der Waals surface area contributed by atoms with E-state index in [-0.39, 0.29) is 5.92 Å². The molecule has 0 bridgehead atoms. The van der Waals surface area contributed by atoms with Crippen molar-refractivity contribution in [2.24, 2.45) is 0 Å². The molecular formula is C13H13ClN2O2. The first-order chi connectivity index (χ1) is 8.88. The normalized spacial score (nSPS) is 17.5. The summed E-state index contributed by atoms with van der Waals surface area (Å²) in [6.07, 6.45) is 1.58. The molecule has 94 valence electrons. The van der Waals surface area contributed by atoms with Crippen molar-refractivity contribution in [1.82, 2.24) is 10.2 Å². The second kappa shape index (κ2) is 4.98. The molecule has 2 heterocycles. The Morgan fingerprint density at radius 2 is 2.17 bits per heavy atom. The van der Waals surface area contributed by atoms with E-state index in [0.717, 1.165) is 24.2 Å². The first-order valence-electron chi connectivity index (χ1n) is 5.98. The van der Waals surface area contributed by atoms with Crippen molar-refractivity contribution in [1.29, 1.82) is 0 Å². The molecule has 5 heteroatoms. The van der Waals surface area contributed by atoms with Gasteiger partial charge in [0, 0.05) is 17.9 Å². The topological polar surface area (TPSA) is 48.2 Å². The van der Waals surface area contributed by atoms with Crippen LogP contribution in [-0.2, 0) is 6.42 Å². The van der Waals surface area contributed by atoms with Crippen LogP contribution in [0, 0.1) is 0 Å². The summed E-state index contributed by atoms with van der Waals surface area (Å²) < 4.78 is 11.3. The van der Waals surface area contributed by atoms with Crippen LogP contribution in [0.5, 0.6) is 5.75 Å². The fraction of sp³-hybridized carbons (Fsp3) is 0.385. The van der Waals surface area contributed by atoms with E-state index >= 15 is 0 Å². The van der Waals surface area contributed by atoms with Crippen LogP contribution in [0.15, 0.2) is 28.7 Å². The predicted molar refractivity (Wildman–Crippen MR) is 67.1 cm³/mol. The molecule has 1 unspecified atom stereocenters. The van der Waals surface area contributed by atoms with Gasteiger partial charge in [0.15, 0.2) is 0 Å². The largest absolute Gasteiger partial charge is 0.492 e. The van der Waals surface area contributed by atoms with Gasteiger partial charge in [-0.05, 0) is 12.5 Å². The van der Waals surface area contributed by atoms with Gasteiger partial charge in [-0.3, -0.25) is 0 Å². The Hall–Kier alpha value is -1.55. The van der Waals surface area contributed by atoms with E-state index in [2.05, 4.69) is 10.2 Å². The van der Waals surface area contributed by atoms with E-state index in [9.17, 15) is 0 Å². The van der Waals surface area contributed by atoms with Crippen LogP contribution in [0.25, 0.3) is 0 Å². The minimum Gasteiger partial charge on any atom is -0.492 e. The molecule has 0 radical (unpaired) electrons. The van der Waals surface area contributed by atoms with E-state index in [0.29, 0.717) is 24.3 Å². The molecule has 3 rings (SSSR count). The fourth-order valence-corrected chi connectivity index (χ4v) is 2.23. The number of rotatable bonds is 4. The summed E-state index contributed by atoms with van der Waals surface area (Å²) in [6.45, 7) is 0.566. The minimum atomic E-state index is 0.0541. The number of hydrogen-bond donors (Lipinski definition) is 0. The van der Waals surface area contributed by atoms with Crippen molar-refractivity contribution in [3.63, 3.8) is 0 Å². The molecule has 0 spiro atoms. The monoisotopic (exact) mass is 264 g/mol. The molecule has 1 atom stereocenters. The number of halogens is 1.